The first-order chi connectivity index (χ1) is 10.2. The van der Waals surface area contributed by atoms with Crippen molar-refractivity contribution in [3.8, 4) is 0 Å². The number of carbonyl (C=O) groups is 2. The Hall–Kier alpha value is -1.90. The molecule has 1 aliphatic rings. The van der Waals surface area contributed by atoms with Gasteiger partial charge in [0.25, 0.3) is 0 Å². The first-order valence-corrected chi connectivity index (χ1v) is 7.62. The summed E-state index contributed by atoms with van der Waals surface area (Å²) in [6.07, 6.45) is 8.18. The largest absolute Gasteiger partial charge is 0.465 e. The molecule has 3 heteroatoms. The van der Waals surface area contributed by atoms with Gasteiger partial charge in [0.15, 0.2) is 5.78 Å². The van der Waals surface area contributed by atoms with Gasteiger partial charge in [-0.2, -0.15) is 0 Å². The quantitative estimate of drug-likeness (QED) is 0.465. The van der Waals surface area contributed by atoms with Crippen LogP contribution in [0.5, 0.6) is 0 Å². The SMILES string of the molecule is CCCCCC=C1CCc2cc(C(=O)OC)ccc2C1=O. The molecule has 1 aromatic rings. The Morgan fingerprint density at radius 3 is 2.81 bits per heavy atom. The van der Waals surface area contributed by atoms with E-state index in [-0.39, 0.29) is 11.8 Å². The van der Waals surface area contributed by atoms with E-state index in [1.807, 2.05) is 0 Å². The molecule has 112 valence electrons. The van der Waals surface area contributed by atoms with E-state index >= 15 is 0 Å². The highest BCUT2D eigenvalue weighted by Crippen LogP contribution is 2.27. The van der Waals surface area contributed by atoms with Crippen molar-refractivity contribution < 1.29 is 14.3 Å². The lowest BCUT2D eigenvalue weighted by atomic mass is 9.85. The smallest absolute Gasteiger partial charge is 0.337 e. The van der Waals surface area contributed by atoms with Crippen LogP contribution < -0.4 is 0 Å². The number of ketones is 1. The third-order valence-corrected chi connectivity index (χ3v) is 3.92. The topological polar surface area (TPSA) is 43.4 Å². The molecular weight excluding hydrogens is 264 g/mol. The maximum absolute atomic E-state index is 12.4. The van der Waals surface area contributed by atoms with E-state index in [0.29, 0.717) is 5.56 Å². The van der Waals surface area contributed by atoms with Gasteiger partial charge in [-0.05, 0) is 55.0 Å². The van der Waals surface area contributed by atoms with E-state index in [4.69, 9.17) is 4.74 Å². The molecule has 0 radical (unpaired) electrons. The average molecular weight is 286 g/mol. The van der Waals surface area contributed by atoms with Crippen LogP contribution in [0.1, 0.15) is 65.3 Å². The lowest BCUT2D eigenvalue weighted by Crippen LogP contribution is -2.15. The summed E-state index contributed by atoms with van der Waals surface area (Å²) in [4.78, 5) is 24.0. The Balaban J connectivity index is 2.15. The van der Waals surface area contributed by atoms with Crippen LogP contribution in [0.3, 0.4) is 0 Å². The minimum Gasteiger partial charge on any atom is -0.465 e. The van der Waals surface area contributed by atoms with Crippen LogP contribution in [0.4, 0.5) is 0 Å². The highest BCUT2D eigenvalue weighted by molar-refractivity contribution is 6.11. The molecule has 0 saturated carbocycles. The summed E-state index contributed by atoms with van der Waals surface area (Å²) in [6.45, 7) is 2.17. The van der Waals surface area contributed by atoms with Gasteiger partial charge < -0.3 is 4.74 Å². The van der Waals surface area contributed by atoms with Crippen molar-refractivity contribution in [2.75, 3.05) is 7.11 Å². The number of carbonyl (C=O) groups excluding carboxylic acids is 2. The summed E-state index contributed by atoms with van der Waals surface area (Å²) < 4.78 is 4.72. The number of benzene rings is 1. The molecule has 1 aliphatic carbocycles. The van der Waals surface area contributed by atoms with E-state index < -0.39 is 0 Å². The summed E-state index contributed by atoms with van der Waals surface area (Å²) in [5.74, 6) is -0.240. The normalized spacial score (nSPS) is 15.9. The van der Waals surface area contributed by atoms with E-state index in [1.54, 1.807) is 18.2 Å². The molecule has 0 amide bonds. The van der Waals surface area contributed by atoms with E-state index in [0.717, 1.165) is 42.4 Å². The van der Waals surface area contributed by atoms with Gasteiger partial charge in [-0.15, -0.1) is 0 Å². The fourth-order valence-electron chi connectivity index (χ4n) is 2.69. The number of Topliss-reactive ketones (excluding diaryl/α,β-unsaturated/α-hetero) is 1. The average Bonchev–Trinajstić information content (AvgIpc) is 2.52. The van der Waals surface area contributed by atoms with Crippen molar-refractivity contribution in [3.63, 3.8) is 0 Å². The van der Waals surface area contributed by atoms with Crippen LogP contribution in [0.25, 0.3) is 0 Å². The van der Waals surface area contributed by atoms with Crippen LogP contribution in [0.2, 0.25) is 0 Å². The minimum absolute atomic E-state index is 0.115. The third kappa shape index (κ3) is 3.60. The van der Waals surface area contributed by atoms with Gasteiger partial charge in [-0.3, -0.25) is 4.79 Å². The second kappa shape index (κ2) is 7.21. The van der Waals surface area contributed by atoms with Crippen molar-refractivity contribution >= 4 is 11.8 Å². The molecule has 0 heterocycles. The maximum Gasteiger partial charge on any atom is 0.337 e. The molecule has 0 saturated heterocycles. The predicted octanol–water partition coefficient (Wildman–Crippen LogP) is 4.11. The summed E-state index contributed by atoms with van der Waals surface area (Å²) >= 11 is 0. The highest BCUT2D eigenvalue weighted by Gasteiger charge is 2.22. The molecule has 21 heavy (non-hydrogen) atoms. The van der Waals surface area contributed by atoms with Gasteiger partial charge in [-0.1, -0.05) is 25.8 Å². The van der Waals surface area contributed by atoms with Crippen molar-refractivity contribution in [2.45, 2.75) is 45.4 Å². The summed E-state index contributed by atoms with van der Waals surface area (Å²) in [5.41, 5.74) is 3.12. The van der Waals surface area contributed by atoms with Gasteiger partial charge in [-0.25, -0.2) is 4.79 Å². The summed E-state index contributed by atoms with van der Waals surface area (Å²) in [5, 5.41) is 0. The molecule has 0 aromatic heterocycles. The number of fused-ring (bicyclic) bond motifs is 1. The minimum atomic E-state index is -0.355. The zero-order valence-corrected chi connectivity index (χ0v) is 12.8. The molecule has 2 rings (SSSR count). The van der Waals surface area contributed by atoms with Crippen LogP contribution in [-0.2, 0) is 11.2 Å². The van der Waals surface area contributed by atoms with Crippen LogP contribution >= 0.6 is 0 Å². The zero-order chi connectivity index (χ0) is 15.2. The monoisotopic (exact) mass is 286 g/mol. The lowest BCUT2D eigenvalue weighted by molar-refractivity contribution is 0.0600. The second-order valence-electron chi connectivity index (χ2n) is 5.42. The summed E-state index contributed by atoms with van der Waals surface area (Å²) in [6, 6.07) is 5.21. The Morgan fingerprint density at radius 1 is 1.29 bits per heavy atom. The van der Waals surface area contributed by atoms with Crippen molar-refractivity contribution in [1.29, 1.82) is 0 Å². The lowest BCUT2D eigenvalue weighted by Gasteiger charge is -2.18. The predicted molar refractivity (Wildman–Crippen MR) is 82.7 cm³/mol. The number of aryl methyl sites for hydroxylation is 1. The van der Waals surface area contributed by atoms with Gasteiger partial charge >= 0.3 is 5.97 Å². The number of ether oxygens (including phenoxy) is 1. The summed E-state index contributed by atoms with van der Waals surface area (Å²) in [7, 11) is 1.37. The fraction of sp³-hybridized carbons (Fsp3) is 0.444. The number of unbranched alkanes of at least 4 members (excludes halogenated alkanes) is 3. The first-order valence-electron chi connectivity index (χ1n) is 7.62. The van der Waals surface area contributed by atoms with E-state index in [1.165, 1.54) is 20.0 Å². The highest BCUT2D eigenvalue weighted by atomic mass is 16.5. The Labute approximate surface area is 126 Å². The molecule has 0 bridgehead atoms. The van der Waals surface area contributed by atoms with Gasteiger partial charge in [0.1, 0.15) is 0 Å². The fourth-order valence-corrected chi connectivity index (χ4v) is 2.69. The van der Waals surface area contributed by atoms with Crippen LogP contribution in [0.15, 0.2) is 29.8 Å². The number of hydrogen-bond acceptors (Lipinski definition) is 3. The van der Waals surface area contributed by atoms with Gasteiger partial charge in [0.05, 0.1) is 12.7 Å². The van der Waals surface area contributed by atoms with Crippen molar-refractivity contribution in [1.82, 2.24) is 0 Å². The van der Waals surface area contributed by atoms with Crippen LogP contribution in [-0.4, -0.2) is 18.9 Å². The van der Waals surface area contributed by atoms with E-state index in [9.17, 15) is 9.59 Å². The molecule has 1 aromatic carbocycles. The van der Waals surface area contributed by atoms with Crippen LogP contribution in [0, 0.1) is 0 Å². The number of rotatable bonds is 5. The molecule has 0 spiro atoms. The molecule has 3 nitrogen and oxygen atoms in total. The third-order valence-electron chi connectivity index (χ3n) is 3.92. The number of methoxy groups -OCH3 is 1. The Kier molecular flexibility index (Phi) is 5.32. The van der Waals surface area contributed by atoms with Crippen molar-refractivity contribution in [2.24, 2.45) is 0 Å². The number of hydrogen-bond donors (Lipinski definition) is 0. The molecule has 0 unspecified atom stereocenters. The Bertz CT molecular complexity index is 570. The number of allylic oxidation sites excluding steroid dienone is 2. The standard InChI is InChI=1S/C18H22O3/c1-3-4-5-6-7-13-8-9-14-12-15(18(20)21-2)10-11-16(14)17(13)19/h7,10-12H,3-6,8-9H2,1-2H3. The second-order valence-corrected chi connectivity index (χ2v) is 5.42. The Morgan fingerprint density at radius 2 is 2.10 bits per heavy atom. The van der Waals surface area contributed by atoms with Crippen molar-refractivity contribution in [3.05, 3.63) is 46.5 Å². The maximum atomic E-state index is 12.4. The molecule has 0 aliphatic heterocycles. The molecule has 0 fully saturated rings. The van der Waals surface area contributed by atoms with Gasteiger partial charge in [0, 0.05) is 5.56 Å². The molecule has 0 atom stereocenters. The van der Waals surface area contributed by atoms with E-state index in [2.05, 4.69) is 13.0 Å². The van der Waals surface area contributed by atoms with Gasteiger partial charge in [0.2, 0.25) is 0 Å². The molecular formula is C18H22O3. The first kappa shape index (κ1) is 15.5. The molecule has 0 N–H and O–H groups in total. The number of esters is 1. The zero-order valence-electron chi connectivity index (χ0n) is 12.8.